The van der Waals surface area contributed by atoms with E-state index in [1.807, 2.05) is 0 Å². The lowest BCUT2D eigenvalue weighted by Crippen LogP contribution is -2.10. The average Bonchev–Trinajstić information content (AvgIpc) is 2.31. The summed E-state index contributed by atoms with van der Waals surface area (Å²) in [4.78, 5) is 24.8. The Morgan fingerprint density at radius 2 is 1.89 bits per heavy atom. The number of hydrogen-bond donors (Lipinski definition) is 2. The summed E-state index contributed by atoms with van der Waals surface area (Å²) in [7, 11) is 0. The molecule has 0 aliphatic carbocycles. The number of aromatic amines is 1. The summed E-state index contributed by atoms with van der Waals surface area (Å²) in [6.07, 6.45) is 0. The van der Waals surface area contributed by atoms with Gasteiger partial charge in [-0.2, -0.15) is 0 Å². The van der Waals surface area contributed by atoms with Crippen LogP contribution in [0.3, 0.4) is 0 Å². The number of halogens is 2. The van der Waals surface area contributed by atoms with Crippen LogP contribution in [0.15, 0.2) is 35.1 Å². The van der Waals surface area contributed by atoms with Crippen molar-refractivity contribution < 1.29 is 9.90 Å². The van der Waals surface area contributed by atoms with E-state index >= 15 is 0 Å². The van der Waals surface area contributed by atoms with Gasteiger partial charge in [-0.3, -0.25) is 4.79 Å². The van der Waals surface area contributed by atoms with Crippen LogP contribution in [0.1, 0.15) is 10.4 Å². The van der Waals surface area contributed by atoms with Gasteiger partial charge in [-0.25, -0.2) is 4.79 Å². The van der Waals surface area contributed by atoms with Gasteiger partial charge in [0.05, 0.1) is 11.3 Å². The van der Waals surface area contributed by atoms with Crippen LogP contribution in [-0.4, -0.2) is 16.1 Å². The third-order valence-corrected chi connectivity index (χ3v) is 2.87. The van der Waals surface area contributed by atoms with Crippen molar-refractivity contribution in [3.05, 3.63) is 56.3 Å². The molecule has 2 rings (SSSR count). The molecule has 1 aromatic heterocycles. The molecule has 0 saturated carbocycles. The Morgan fingerprint density at radius 3 is 2.56 bits per heavy atom. The normalized spacial score (nSPS) is 10.3. The Bertz CT molecular complexity index is 679. The zero-order valence-corrected chi connectivity index (χ0v) is 10.4. The van der Waals surface area contributed by atoms with E-state index < -0.39 is 11.5 Å². The van der Waals surface area contributed by atoms with E-state index in [-0.39, 0.29) is 5.56 Å². The maximum absolute atomic E-state index is 11.4. The van der Waals surface area contributed by atoms with Gasteiger partial charge in [0.15, 0.2) is 0 Å². The lowest BCUT2D eigenvalue weighted by molar-refractivity contribution is 0.0696. The molecule has 92 valence electrons. The van der Waals surface area contributed by atoms with Crippen LogP contribution in [0.4, 0.5) is 0 Å². The molecule has 0 aliphatic rings. The van der Waals surface area contributed by atoms with Crippen molar-refractivity contribution in [2.45, 2.75) is 0 Å². The average molecular weight is 284 g/mol. The zero-order valence-electron chi connectivity index (χ0n) is 8.91. The molecule has 0 aliphatic heterocycles. The molecule has 2 N–H and O–H groups in total. The first-order valence-corrected chi connectivity index (χ1v) is 5.66. The summed E-state index contributed by atoms with van der Waals surface area (Å²) in [5.41, 5.74) is 0.169. The first-order chi connectivity index (χ1) is 8.47. The van der Waals surface area contributed by atoms with Crippen LogP contribution in [0.5, 0.6) is 0 Å². The van der Waals surface area contributed by atoms with Crippen molar-refractivity contribution in [2.24, 2.45) is 0 Å². The van der Waals surface area contributed by atoms with Crippen LogP contribution < -0.4 is 5.56 Å². The summed E-state index contributed by atoms with van der Waals surface area (Å²) < 4.78 is 0. The van der Waals surface area contributed by atoms with Crippen LogP contribution in [0, 0.1) is 0 Å². The minimum absolute atomic E-state index is 0.107. The Kier molecular flexibility index (Phi) is 3.41. The number of rotatable bonds is 2. The smallest absolute Gasteiger partial charge is 0.335 e. The molecular formula is C12H7Cl2NO3. The van der Waals surface area contributed by atoms with E-state index in [4.69, 9.17) is 28.3 Å². The molecule has 0 amide bonds. The van der Waals surface area contributed by atoms with E-state index in [1.54, 1.807) is 18.2 Å². The fourth-order valence-corrected chi connectivity index (χ4v) is 1.91. The van der Waals surface area contributed by atoms with Gasteiger partial charge < -0.3 is 10.1 Å². The number of carboxylic acid groups (broad SMARTS) is 1. The Hall–Kier alpha value is -1.78. The number of nitrogens with one attached hydrogen (secondary N) is 1. The second-order valence-electron chi connectivity index (χ2n) is 3.58. The molecule has 0 fully saturated rings. The first-order valence-electron chi connectivity index (χ1n) is 4.90. The highest BCUT2D eigenvalue weighted by Crippen LogP contribution is 2.29. The molecule has 2 aromatic rings. The third-order valence-electron chi connectivity index (χ3n) is 2.31. The number of carbonyl (C=O) groups is 1. The van der Waals surface area contributed by atoms with E-state index in [9.17, 15) is 9.59 Å². The Morgan fingerprint density at radius 1 is 1.17 bits per heavy atom. The SMILES string of the molecule is O=C(O)c1cc(-c2cc(Cl)ccc2Cl)[nH]c(=O)c1. The lowest BCUT2D eigenvalue weighted by Gasteiger charge is -2.06. The molecule has 0 saturated heterocycles. The molecule has 1 aromatic carbocycles. The predicted octanol–water partition coefficient (Wildman–Crippen LogP) is 3.05. The largest absolute Gasteiger partial charge is 0.478 e. The summed E-state index contributed by atoms with van der Waals surface area (Å²) >= 11 is 11.8. The summed E-state index contributed by atoms with van der Waals surface area (Å²) in [6.45, 7) is 0. The molecule has 0 unspecified atom stereocenters. The van der Waals surface area contributed by atoms with Crippen LogP contribution in [-0.2, 0) is 0 Å². The predicted molar refractivity (Wildman–Crippen MR) is 69.5 cm³/mol. The summed E-state index contributed by atoms with van der Waals surface area (Å²) in [5, 5.41) is 9.71. The highest BCUT2D eigenvalue weighted by atomic mass is 35.5. The maximum Gasteiger partial charge on any atom is 0.335 e. The number of carboxylic acids is 1. The quantitative estimate of drug-likeness (QED) is 0.890. The van der Waals surface area contributed by atoms with Crippen molar-refractivity contribution in [1.82, 2.24) is 4.98 Å². The monoisotopic (exact) mass is 283 g/mol. The number of pyridine rings is 1. The standard InChI is InChI=1S/C12H7Cl2NO3/c13-7-1-2-9(14)8(5-7)10-3-6(12(17)18)4-11(16)15-10/h1-5H,(H,15,16)(H,17,18). The van der Waals surface area contributed by atoms with Crippen LogP contribution in [0.25, 0.3) is 11.3 Å². The van der Waals surface area contributed by atoms with Crippen molar-refractivity contribution in [2.75, 3.05) is 0 Å². The topological polar surface area (TPSA) is 70.2 Å². The second-order valence-corrected chi connectivity index (χ2v) is 4.42. The molecule has 0 atom stereocenters. The number of aromatic nitrogens is 1. The van der Waals surface area contributed by atoms with Gasteiger partial charge >= 0.3 is 5.97 Å². The van der Waals surface area contributed by atoms with Gasteiger partial charge in [-0.05, 0) is 24.3 Å². The van der Waals surface area contributed by atoms with Crippen molar-refractivity contribution >= 4 is 29.2 Å². The van der Waals surface area contributed by atoms with Gasteiger partial charge in [0, 0.05) is 21.7 Å². The number of H-pyrrole nitrogens is 1. The van der Waals surface area contributed by atoms with Gasteiger partial charge in [-0.1, -0.05) is 23.2 Å². The van der Waals surface area contributed by atoms with Gasteiger partial charge in [0.2, 0.25) is 5.56 Å². The number of hydrogen-bond acceptors (Lipinski definition) is 2. The molecule has 0 radical (unpaired) electrons. The minimum Gasteiger partial charge on any atom is -0.478 e. The second kappa shape index (κ2) is 4.84. The van der Waals surface area contributed by atoms with Gasteiger partial charge in [0.25, 0.3) is 0 Å². The number of aromatic carboxylic acids is 1. The van der Waals surface area contributed by atoms with Gasteiger partial charge in [0.1, 0.15) is 0 Å². The maximum atomic E-state index is 11.4. The van der Waals surface area contributed by atoms with E-state index in [0.717, 1.165) is 6.07 Å². The highest BCUT2D eigenvalue weighted by molar-refractivity contribution is 6.35. The number of benzene rings is 1. The minimum atomic E-state index is -1.18. The summed E-state index contributed by atoms with van der Waals surface area (Å²) in [5.74, 6) is -1.18. The zero-order chi connectivity index (χ0) is 13.3. The molecule has 6 heteroatoms. The van der Waals surface area contributed by atoms with Crippen LogP contribution in [0.2, 0.25) is 10.0 Å². The first kappa shape index (κ1) is 12.7. The summed E-state index contributed by atoms with van der Waals surface area (Å²) in [6, 6.07) is 7.07. The van der Waals surface area contributed by atoms with E-state index in [0.29, 0.717) is 21.3 Å². The third kappa shape index (κ3) is 2.55. The highest BCUT2D eigenvalue weighted by Gasteiger charge is 2.10. The van der Waals surface area contributed by atoms with Crippen molar-refractivity contribution in [1.29, 1.82) is 0 Å². The van der Waals surface area contributed by atoms with Gasteiger partial charge in [-0.15, -0.1) is 0 Å². The molecular weight excluding hydrogens is 277 g/mol. The van der Waals surface area contributed by atoms with E-state index in [1.165, 1.54) is 6.07 Å². The van der Waals surface area contributed by atoms with Crippen LogP contribution >= 0.6 is 23.2 Å². The fourth-order valence-electron chi connectivity index (χ4n) is 1.52. The van der Waals surface area contributed by atoms with Crippen molar-refractivity contribution in [3.8, 4) is 11.3 Å². The Labute approximate surface area is 112 Å². The molecule has 0 bridgehead atoms. The Balaban J connectivity index is 2.67. The van der Waals surface area contributed by atoms with E-state index in [2.05, 4.69) is 4.98 Å². The lowest BCUT2D eigenvalue weighted by atomic mass is 10.1. The van der Waals surface area contributed by atoms with Crippen molar-refractivity contribution in [3.63, 3.8) is 0 Å². The molecule has 18 heavy (non-hydrogen) atoms. The molecule has 4 nitrogen and oxygen atoms in total. The fraction of sp³-hybridized carbons (Fsp3) is 0. The molecule has 0 spiro atoms. The molecule has 1 heterocycles.